The predicted molar refractivity (Wildman–Crippen MR) is 119 cm³/mol. The molecule has 0 radical (unpaired) electrons. The van der Waals surface area contributed by atoms with Gasteiger partial charge >= 0.3 is 0 Å². The zero-order valence-electron chi connectivity index (χ0n) is 19.1. The SMILES string of the molecule is Cc1cc(C)cc(O[C@H](C)C(=O)N2CCC[C@H]([C@@H]3C[C@H](C(F)F)n4nc(C)cc4N3)C2)c1. The van der Waals surface area contributed by atoms with E-state index in [4.69, 9.17) is 4.74 Å². The normalized spacial score (nSPS) is 24.1. The molecule has 1 saturated heterocycles. The molecular weight excluding hydrogens is 414 g/mol. The number of nitrogens with one attached hydrogen (secondary N) is 1. The molecule has 1 N–H and O–H groups in total. The number of fused-ring (bicyclic) bond motifs is 1. The van der Waals surface area contributed by atoms with Gasteiger partial charge in [0.2, 0.25) is 0 Å². The molecule has 1 aromatic carbocycles. The Bertz CT molecular complexity index is 957. The van der Waals surface area contributed by atoms with E-state index in [0.29, 0.717) is 31.1 Å². The van der Waals surface area contributed by atoms with Crippen LogP contribution in [-0.4, -0.2) is 52.2 Å². The summed E-state index contributed by atoms with van der Waals surface area (Å²) >= 11 is 0. The third kappa shape index (κ3) is 4.74. The summed E-state index contributed by atoms with van der Waals surface area (Å²) in [7, 11) is 0. The lowest BCUT2D eigenvalue weighted by atomic mass is 9.86. The topological polar surface area (TPSA) is 59.4 Å². The van der Waals surface area contributed by atoms with Crippen LogP contribution in [0.2, 0.25) is 0 Å². The second-order valence-corrected chi connectivity index (χ2v) is 9.27. The van der Waals surface area contributed by atoms with Crippen molar-refractivity contribution in [2.75, 3.05) is 18.4 Å². The molecule has 2 aliphatic rings. The highest BCUT2D eigenvalue weighted by Crippen LogP contribution is 2.36. The maximum atomic E-state index is 13.8. The van der Waals surface area contributed by atoms with Gasteiger partial charge in [0.15, 0.2) is 6.10 Å². The molecule has 174 valence electrons. The van der Waals surface area contributed by atoms with Crippen molar-refractivity contribution >= 4 is 11.7 Å². The first-order valence-electron chi connectivity index (χ1n) is 11.4. The van der Waals surface area contributed by atoms with Crippen LogP contribution < -0.4 is 10.1 Å². The summed E-state index contributed by atoms with van der Waals surface area (Å²) in [5.41, 5.74) is 2.89. The highest BCUT2D eigenvalue weighted by molar-refractivity contribution is 5.81. The van der Waals surface area contributed by atoms with Crippen LogP contribution in [0.5, 0.6) is 5.75 Å². The third-order valence-corrected chi connectivity index (χ3v) is 6.49. The van der Waals surface area contributed by atoms with Gasteiger partial charge in [-0.05, 0) is 76.1 Å². The lowest BCUT2D eigenvalue weighted by Gasteiger charge is -2.41. The fourth-order valence-electron chi connectivity index (χ4n) is 5.06. The number of nitrogens with zero attached hydrogens (tertiary/aromatic N) is 3. The number of aryl methyl sites for hydroxylation is 3. The van der Waals surface area contributed by atoms with Crippen LogP contribution >= 0.6 is 0 Å². The number of benzene rings is 1. The number of aromatic nitrogens is 2. The lowest BCUT2D eigenvalue weighted by Crippen LogP contribution is -2.50. The Morgan fingerprint density at radius 3 is 2.59 bits per heavy atom. The molecule has 32 heavy (non-hydrogen) atoms. The van der Waals surface area contributed by atoms with Crippen molar-refractivity contribution in [2.45, 2.75) is 71.6 Å². The van der Waals surface area contributed by atoms with Gasteiger partial charge in [0.05, 0.1) is 5.69 Å². The molecule has 2 aromatic rings. The minimum absolute atomic E-state index is 0.0593. The van der Waals surface area contributed by atoms with Gasteiger partial charge < -0.3 is 15.0 Å². The maximum absolute atomic E-state index is 13.8. The van der Waals surface area contributed by atoms with Crippen molar-refractivity contribution in [1.29, 1.82) is 0 Å². The molecule has 0 spiro atoms. The van der Waals surface area contributed by atoms with Gasteiger partial charge in [-0.15, -0.1) is 0 Å². The molecule has 8 heteroatoms. The number of likely N-dealkylation sites (tertiary alicyclic amines) is 1. The van der Waals surface area contributed by atoms with Crippen molar-refractivity contribution in [3.63, 3.8) is 0 Å². The van der Waals surface area contributed by atoms with Crippen LogP contribution in [0.3, 0.4) is 0 Å². The Morgan fingerprint density at radius 2 is 1.91 bits per heavy atom. The van der Waals surface area contributed by atoms with Crippen molar-refractivity contribution in [1.82, 2.24) is 14.7 Å². The first-order chi connectivity index (χ1) is 15.2. The van der Waals surface area contributed by atoms with E-state index in [-0.39, 0.29) is 17.9 Å². The van der Waals surface area contributed by atoms with Gasteiger partial charge in [0.1, 0.15) is 17.6 Å². The number of anilines is 1. The van der Waals surface area contributed by atoms with Crippen LogP contribution in [0.4, 0.5) is 14.6 Å². The fraction of sp³-hybridized carbons (Fsp3) is 0.583. The van der Waals surface area contributed by atoms with Crippen LogP contribution in [0, 0.1) is 26.7 Å². The summed E-state index contributed by atoms with van der Waals surface area (Å²) in [6, 6.07) is 6.67. The molecule has 6 nitrogen and oxygen atoms in total. The second kappa shape index (κ2) is 9.08. The Labute approximate surface area is 187 Å². The van der Waals surface area contributed by atoms with E-state index in [1.165, 1.54) is 4.68 Å². The number of halogens is 2. The van der Waals surface area contributed by atoms with Crippen molar-refractivity contribution in [3.8, 4) is 5.75 Å². The van der Waals surface area contributed by atoms with E-state index in [9.17, 15) is 13.6 Å². The number of amides is 1. The van der Waals surface area contributed by atoms with E-state index in [1.807, 2.05) is 43.9 Å². The van der Waals surface area contributed by atoms with Crippen LogP contribution in [0.15, 0.2) is 24.3 Å². The first kappa shape index (κ1) is 22.6. The summed E-state index contributed by atoms with van der Waals surface area (Å²) in [6.45, 7) is 8.79. The molecule has 3 heterocycles. The number of hydrogen-bond donors (Lipinski definition) is 1. The quantitative estimate of drug-likeness (QED) is 0.735. The number of piperidine rings is 1. The summed E-state index contributed by atoms with van der Waals surface area (Å²) in [4.78, 5) is 15.0. The molecule has 1 aromatic heterocycles. The summed E-state index contributed by atoms with van der Waals surface area (Å²) in [5.74, 6) is 1.37. The average Bonchev–Trinajstić information content (AvgIpc) is 3.11. The molecule has 0 saturated carbocycles. The van der Waals surface area contributed by atoms with Crippen molar-refractivity contribution in [2.24, 2.45) is 5.92 Å². The Balaban J connectivity index is 1.43. The van der Waals surface area contributed by atoms with Crippen LogP contribution in [-0.2, 0) is 4.79 Å². The largest absolute Gasteiger partial charge is 0.481 e. The van der Waals surface area contributed by atoms with Gasteiger partial charge in [-0.25, -0.2) is 13.5 Å². The zero-order chi connectivity index (χ0) is 23.0. The number of alkyl halides is 2. The molecule has 4 atom stereocenters. The van der Waals surface area contributed by atoms with Gasteiger partial charge in [0, 0.05) is 25.2 Å². The lowest BCUT2D eigenvalue weighted by molar-refractivity contribution is -0.140. The summed E-state index contributed by atoms with van der Waals surface area (Å²) in [6.07, 6.45) is -1.04. The molecule has 0 bridgehead atoms. The molecule has 1 fully saturated rings. The van der Waals surface area contributed by atoms with Gasteiger partial charge in [-0.2, -0.15) is 5.10 Å². The monoisotopic (exact) mass is 446 g/mol. The molecule has 2 aliphatic heterocycles. The summed E-state index contributed by atoms with van der Waals surface area (Å²) < 4.78 is 34.9. The Morgan fingerprint density at radius 1 is 1.19 bits per heavy atom. The standard InChI is InChI=1S/C24H32F2N4O2/c1-14-8-15(2)10-19(9-14)32-17(4)24(31)29-7-5-6-18(13-29)20-12-21(23(25)26)30-22(27-20)11-16(3)28-30/h8-11,17-18,20-21,23,27H,5-7,12-13H2,1-4H3/t17-,18+,20+,21-/m1/s1. The number of carbonyl (C=O) groups excluding carboxylic acids is 1. The Hall–Kier alpha value is -2.64. The molecule has 0 aliphatic carbocycles. The third-order valence-electron chi connectivity index (χ3n) is 6.49. The van der Waals surface area contributed by atoms with Gasteiger partial charge in [0.25, 0.3) is 12.3 Å². The number of carbonyl (C=O) groups is 1. The van der Waals surface area contributed by atoms with E-state index in [1.54, 1.807) is 6.92 Å². The van der Waals surface area contributed by atoms with Crippen molar-refractivity contribution < 1.29 is 18.3 Å². The van der Waals surface area contributed by atoms with Crippen LogP contribution in [0.25, 0.3) is 0 Å². The second-order valence-electron chi connectivity index (χ2n) is 9.27. The van der Waals surface area contributed by atoms with Crippen LogP contribution in [0.1, 0.15) is 49.0 Å². The van der Waals surface area contributed by atoms with E-state index in [0.717, 1.165) is 29.7 Å². The van der Waals surface area contributed by atoms with E-state index >= 15 is 0 Å². The van der Waals surface area contributed by atoms with E-state index < -0.39 is 18.6 Å². The fourth-order valence-corrected chi connectivity index (χ4v) is 5.06. The average molecular weight is 447 g/mol. The highest BCUT2D eigenvalue weighted by Gasteiger charge is 2.39. The number of hydrogen-bond acceptors (Lipinski definition) is 4. The maximum Gasteiger partial charge on any atom is 0.263 e. The summed E-state index contributed by atoms with van der Waals surface area (Å²) in [5, 5.41) is 7.66. The van der Waals surface area contributed by atoms with Crippen molar-refractivity contribution in [3.05, 3.63) is 41.1 Å². The first-order valence-corrected chi connectivity index (χ1v) is 11.4. The highest BCUT2D eigenvalue weighted by atomic mass is 19.3. The minimum atomic E-state index is -2.48. The smallest absolute Gasteiger partial charge is 0.263 e. The van der Waals surface area contributed by atoms with Gasteiger partial charge in [-0.3, -0.25) is 4.79 Å². The molecule has 4 rings (SSSR count). The van der Waals surface area contributed by atoms with Gasteiger partial charge in [-0.1, -0.05) is 6.07 Å². The molecule has 0 unspecified atom stereocenters. The molecule has 1 amide bonds. The number of ether oxygens (including phenoxy) is 1. The Kier molecular flexibility index (Phi) is 6.40. The zero-order valence-corrected chi connectivity index (χ0v) is 19.1. The van der Waals surface area contributed by atoms with E-state index in [2.05, 4.69) is 16.5 Å². The molecular formula is C24H32F2N4O2. The minimum Gasteiger partial charge on any atom is -0.481 e. The predicted octanol–water partition coefficient (Wildman–Crippen LogP) is 4.50. The number of rotatable bonds is 5.